The molecule has 1 unspecified atom stereocenters. The molecule has 1 amide bonds. The van der Waals surface area contributed by atoms with Gasteiger partial charge in [-0.15, -0.1) is 0 Å². The number of carbonyl (C=O) groups is 1. The monoisotopic (exact) mass is 342 g/mol. The lowest BCUT2D eigenvalue weighted by Crippen LogP contribution is -2.50. The summed E-state index contributed by atoms with van der Waals surface area (Å²) in [6.45, 7) is 10.9. The van der Waals surface area contributed by atoms with Crippen LogP contribution in [0.4, 0.5) is 0 Å². The summed E-state index contributed by atoms with van der Waals surface area (Å²) in [6, 6.07) is 5.52. The highest BCUT2D eigenvalue weighted by Crippen LogP contribution is 2.32. The van der Waals surface area contributed by atoms with E-state index in [0.717, 1.165) is 38.3 Å². The van der Waals surface area contributed by atoms with Crippen LogP contribution in [0.3, 0.4) is 0 Å². The third-order valence-electron chi connectivity index (χ3n) is 4.37. The molecule has 3 nitrogen and oxygen atoms in total. The van der Waals surface area contributed by atoms with Gasteiger partial charge in [0.05, 0.1) is 16.0 Å². The van der Waals surface area contributed by atoms with Gasteiger partial charge in [0.2, 0.25) is 5.91 Å². The van der Waals surface area contributed by atoms with Crippen molar-refractivity contribution in [3.63, 3.8) is 0 Å². The van der Waals surface area contributed by atoms with Crippen LogP contribution in [-0.2, 0) is 4.79 Å². The van der Waals surface area contributed by atoms with Gasteiger partial charge < -0.3 is 9.80 Å². The molecule has 0 saturated carbocycles. The number of nitrogens with zero attached hydrogens (tertiary/aromatic N) is 2. The molecule has 0 N–H and O–H groups in total. The van der Waals surface area contributed by atoms with Crippen molar-refractivity contribution < 1.29 is 4.79 Å². The predicted molar refractivity (Wildman–Crippen MR) is 92.7 cm³/mol. The third kappa shape index (κ3) is 3.95. The Kier molecular flexibility index (Phi) is 6.13. The highest BCUT2D eigenvalue weighted by Gasteiger charge is 2.30. The molecular formula is C17H24Cl2N2O. The summed E-state index contributed by atoms with van der Waals surface area (Å²) < 4.78 is 0. The summed E-state index contributed by atoms with van der Waals surface area (Å²) >= 11 is 12.1. The number of likely N-dealkylation sites (N-methyl/N-ethyl adjacent to an activating group) is 1. The summed E-state index contributed by atoms with van der Waals surface area (Å²) in [6.07, 6.45) is 0. The van der Waals surface area contributed by atoms with Gasteiger partial charge in [0.15, 0.2) is 0 Å². The van der Waals surface area contributed by atoms with Gasteiger partial charge in [0, 0.05) is 26.2 Å². The fourth-order valence-corrected chi connectivity index (χ4v) is 3.31. The molecule has 1 aliphatic rings. The smallest absolute Gasteiger partial charge is 0.230 e. The Morgan fingerprint density at radius 1 is 1.14 bits per heavy atom. The largest absolute Gasteiger partial charge is 0.340 e. The summed E-state index contributed by atoms with van der Waals surface area (Å²) in [7, 11) is 0. The second-order valence-corrected chi connectivity index (χ2v) is 6.97. The molecule has 1 aliphatic heterocycles. The van der Waals surface area contributed by atoms with E-state index < -0.39 is 0 Å². The van der Waals surface area contributed by atoms with Crippen LogP contribution in [0.1, 0.15) is 32.3 Å². The van der Waals surface area contributed by atoms with E-state index >= 15 is 0 Å². The maximum atomic E-state index is 13.0. The summed E-state index contributed by atoms with van der Waals surface area (Å²) in [4.78, 5) is 17.3. The molecule has 0 spiro atoms. The van der Waals surface area contributed by atoms with E-state index in [4.69, 9.17) is 23.2 Å². The first-order valence-electron chi connectivity index (χ1n) is 7.90. The van der Waals surface area contributed by atoms with Gasteiger partial charge in [0.1, 0.15) is 0 Å². The summed E-state index contributed by atoms with van der Waals surface area (Å²) in [5.74, 6) is 0.251. The normalized spacial score (nSPS) is 17.8. The zero-order valence-corrected chi connectivity index (χ0v) is 15.0. The SMILES string of the molecule is CCN1CCN(C(=O)C(c2ccc(Cl)c(Cl)c2)C(C)C)CC1. The number of halogens is 2. The maximum Gasteiger partial charge on any atom is 0.230 e. The van der Waals surface area contributed by atoms with Crippen LogP contribution in [0.25, 0.3) is 0 Å². The number of hydrogen-bond donors (Lipinski definition) is 0. The van der Waals surface area contributed by atoms with Gasteiger partial charge in [-0.05, 0) is 30.2 Å². The molecule has 0 aromatic heterocycles. The molecule has 122 valence electrons. The molecule has 0 aliphatic carbocycles. The molecule has 1 saturated heterocycles. The predicted octanol–water partition coefficient (Wildman–Crippen LogP) is 3.90. The Hall–Kier alpha value is -0.770. The average Bonchev–Trinajstić information content (AvgIpc) is 2.50. The first-order valence-corrected chi connectivity index (χ1v) is 8.65. The first-order chi connectivity index (χ1) is 10.4. The van der Waals surface area contributed by atoms with Crippen molar-refractivity contribution >= 4 is 29.1 Å². The molecule has 0 radical (unpaired) electrons. The molecule has 1 heterocycles. The lowest BCUT2D eigenvalue weighted by Gasteiger charge is -2.37. The van der Waals surface area contributed by atoms with Gasteiger partial charge in [-0.1, -0.05) is 50.0 Å². The van der Waals surface area contributed by atoms with E-state index in [9.17, 15) is 4.79 Å². The van der Waals surface area contributed by atoms with E-state index in [-0.39, 0.29) is 17.7 Å². The Balaban J connectivity index is 2.17. The van der Waals surface area contributed by atoms with E-state index in [1.807, 2.05) is 17.0 Å². The summed E-state index contributed by atoms with van der Waals surface area (Å²) in [5.41, 5.74) is 0.951. The van der Waals surface area contributed by atoms with E-state index in [1.165, 1.54) is 0 Å². The van der Waals surface area contributed by atoms with Gasteiger partial charge in [-0.25, -0.2) is 0 Å². The van der Waals surface area contributed by atoms with Crippen LogP contribution in [0.15, 0.2) is 18.2 Å². The van der Waals surface area contributed by atoms with Crippen molar-refractivity contribution in [3.05, 3.63) is 33.8 Å². The minimum absolute atomic E-state index is 0.164. The van der Waals surface area contributed by atoms with Gasteiger partial charge in [-0.3, -0.25) is 4.79 Å². The van der Waals surface area contributed by atoms with Crippen molar-refractivity contribution in [1.29, 1.82) is 0 Å². The lowest BCUT2D eigenvalue weighted by molar-refractivity contribution is -0.135. The fourth-order valence-electron chi connectivity index (χ4n) is 3.00. The minimum atomic E-state index is -0.164. The minimum Gasteiger partial charge on any atom is -0.340 e. The second-order valence-electron chi connectivity index (χ2n) is 6.15. The number of rotatable bonds is 4. The lowest BCUT2D eigenvalue weighted by atomic mass is 9.87. The van der Waals surface area contributed by atoms with E-state index in [2.05, 4.69) is 25.7 Å². The van der Waals surface area contributed by atoms with Crippen LogP contribution in [-0.4, -0.2) is 48.4 Å². The number of amides is 1. The van der Waals surface area contributed by atoms with Crippen molar-refractivity contribution in [2.75, 3.05) is 32.7 Å². The van der Waals surface area contributed by atoms with Gasteiger partial charge >= 0.3 is 0 Å². The molecule has 22 heavy (non-hydrogen) atoms. The Labute approximate surface area is 143 Å². The Morgan fingerprint density at radius 3 is 2.27 bits per heavy atom. The number of piperazine rings is 1. The molecule has 1 fully saturated rings. The molecule has 5 heteroatoms. The third-order valence-corrected chi connectivity index (χ3v) is 5.11. The summed E-state index contributed by atoms with van der Waals surface area (Å²) in [5, 5.41) is 1.03. The number of carbonyl (C=O) groups excluding carboxylic acids is 1. The molecule has 2 rings (SSSR count). The van der Waals surface area contributed by atoms with Gasteiger partial charge in [-0.2, -0.15) is 0 Å². The maximum absolute atomic E-state index is 13.0. The van der Waals surface area contributed by atoms with E-state index in [0.29, 0.717) is 10.0 Å². The van der Waals surface area contributed by atoms with Crippen LogP contribution < -0.4 is 0 Å². The topological polar surface area (TPSA) is 23.6 Å². The number of hydrogen-bond acceptors (Lipinski definition) is 2. The van der Waals surface area contributed by atoms with Crippen molar-refractivity contribution in [3.8, 4) is 0 Å². The van der Waals surface area contributed by atoms with Crippen LogP contribution in [0.2, 0.25) is 10.0 Å². The zero-order valence-electron chi connectivity index (χ0n) is 13.5. The Bertz CT molecular complexity index is 525. The van der Waals surface area contributed by atoms with Crippen LogP contribution in [0.5, 0.6) is 0 Å². The second kappa shape index (κ2) is 7.67. The van der Waals surface area contributed by atoms with E-state index in [1.54, 1.807) is 6.07 Å². The van der Waals surface area contributed by atoms with Gasteiger partial charge in [0.25, 0.3) is 0 Å². The highest BCUT2D eigenvalue weighted by atomic mass is 35.5. The fraction of sp³-hybridized carbons (Fsp3) is 0.588. The first kappa shape index (κ1) is 17.6. The van der Waals surface area contributed by atoms with Crippen molar-refractivity contribution in [2.45, 2.75) is 26.7 Å². The zero-order chi connectivity index (χ0) is 16.3. The molecule has 1 aromatic carbocycles. The molecule has 1 aromatic rings. The molecule has 0 bridgehead atoms. The van der Waals surface area contributed by atoms with Crippen molar-refractivity contribution in [1.82, 2.24) is 9.80 Å². The molecular weight excluding hydrogens is 319 g/mol. The van der Waals surface area contributed by atoms with Crippen LogP contribution >= 0.6 is 23.2 Å². The number of benzene rings is 1. The average molecular weight is 343 g/mol. The highest BCUT2D eigenvalue weighted by molar-refractivity contribution is 6.42. The van der Waals surface area contributed by atoms with Crippen molar-refractivity contribution in [2.24, 2.45) is 5.92 Å². The molecule has 1 atom stereocenters. The Morgan fingerprint density at radius 2 is 1.77 bits per heavy atom. The standard InChI is InChI=1S/C17H24Cl2N2O/c1-4-20-7-9-21(10-8-20)17(22)16(12(2)3)13-5-6-14(18)15(19)11-13/h5-6,11-12,16H,4,7-10H2,1-3H3. The quantitative estimate of drug-likeness (QED) is 0.828. The van der Waals surface area contributed by atoms with Crippen LogP contribution in [0, 0.1) is 5.92 Å².